The lowest BCUT2D eigenvalue weighted by Crippen LogP contribution is -2.53. The van der Waals surface area contributed by atoms with Crippen molar-refractivity contribution in [2.24, 2.45) is 0 Å². The van der Waals surface area contributed by atoms with E-state index in [9.17, 15) is 9.36 Å². The van der Waals surface area contributed by atoms with Crippen molar-refractivity contribution >= 4 is 19.5 Å². The molecule has 1 aliphatic rings. The SMILES string of the molecule is [2H]c1nc(Cc2c([2H])c(OC)c(OC)c(OC)c2[2H])nc(Cc2ccc3c(n2)N(COP(=O)(O)O)C(=O)C(C)(C)O3)c1F. The van der Waals surface area contributed by atoms with Crippen molar-refractivity contribution < 1.29 is 51.1 Å². The zero-order valence-electron chi connectivity index (χ0n) is 25.1. The highest BCUT2D eigenvalue weighted by Gasteiger charge is 2.42. The minimum Gasteiger partial charge on any atom is -0.493 e. The molecule has 0 unspecified atom stereocenters. The van der Waals surface area contributed by atoms with Crippen LogP contribution in [-0.4, -0.2) is 64.3 Å². The highest BCUT2D eigenvalue weighted by Crippen LogP contribution is 2.41. The number of rotatable bonds is 10. The van der Waals surface area contributed by atoms with Gasteiger partial charge in [-0.2, -0.15) is 0 Å². The van der Waals surface area contributed by atoms with Crippen molar-refractivity contribution in [3.63, 3.8) is 0 Å². The Hall–Kier alpha value is -3.84. The molecule has 0 atom stereocenters. The molecule has 1 amide bonds. The number of methoxy groups -OCH3 is 3. The molecule has 40 heavy (non-hydrogen) atoms. The monoisotopic (exact) mass is 581 g/mol. The normalized spacial score (nSPS) is 15.4. The molecule has 214 valence electrons. The van der Waals surface area contributed by atoms with Gasteiger partial charge in [-0.15, -0.1) is 0 Å². The number of aromatic nitrogens is 3. The van der Waals surface area contributed by atoms with Crippen LogP contribution in [0.25, 0.3) is 0 Å². The largest absolute Gasteiger partial charge is 0.493 e. The van der Waals surface area contributed by atoms with Crippen LogP contribution in [-0.2, 0) is 26.7 Å². The summed E-state index contributed by atoms with van der Waals surface area (Å²) in [6, 6.07) is 2.52. The summed E-state index contributed by atoms with van der Waals surface area (Å²) in [6.07, 6.45) is -1.28. The van der Waals surface area contributed by atoms with Gasteiger partial charge in [-0.1, -0.05) is 0 Å². The summed E-state index contributed by atoms with van der Waals surface area (Å²) in [7, 11) is -0.970. The van der Waals surface area contributed by atoms with Crippen LogP contribution in [0.2, 0.25) is 0 Å². The zero-order chi connectivity index (χ0) is 31.9. The second-order valence-corrected chi connectivity index (χ2v) is 10.2. The summed E-state index contributed by atoms with van der Waals surface area (Å²) >= 11 is 0. The van der Waals surface area contributed by atoms with Gasteiger partial charge in [0.05, 0.1) is 37.3 Å². The molecule has 0 radical (unpaired) electrons. The van der Waals surface area contributed by atoms with E-state index in [1.165, 1.54) is 47.3 Å². The number of amides is 1. The molecule has 0 saturated carbocycles. The van der Waals surface area contributed by atoms with E-state index in [1.54, 1.807) is 0 Å². The number of fused-ring (bicyclic) bond motifs is 1. The Morgan fingerprint density at radius 3 is 2.38 bits per heavy atom. The van der Waals surface area contributed by atoms with E-state index in [0.29, 0.717) is 0 Å². The molecule has 2 N–H and O–H groups in total. The molecule has 13 nitrogen and oxygen atoms in total. The van der Waals surface area contributed by atoms with E-state index < -0.39 is 38.1 Å². The summed E-state index contributed by atoms with van der Waals surface area (Å²) in [5.74, 6) is -1.76. The van der Waals surface area contributed by atoms with Crippen LogP contribution in [0.1, 0.15) is 40.7 Å². The van der Waals surface area contributed by atoms with Gasteiger partial charge in [-0.25, -0.2) is 23.9 Å². The van der Waals surface area contributed by atoms with Crippen LogP contribution in [0.4, 0.5) is 10.2 Å². The van der Waals surface area contributed by atoms with Crippen LogP contribution in [0.15, 0.2) is 30.4 Å². The molecule has 0 fully saturated rings. The summed E-state index contributed by atoms with van der Waals surface area (Å²) in [5, 5.41) is 0. The van der Waals surface area contributed by atoms with Crippen LogP contribution in [0.5, 0.6) is 23.0 Å². The number of carbonyl (C=O) groups excluding carboxylic acids is 1. The van der Waals surface area contributed by atoms with Gasteiger partial charge in [0, 0.05) is 18.5 Å². The molecule has 0 aliphatic carbocycles. The Bertz CT molecular complexity index is 1610. The van der Waals surface area contributed by atoms with Crippen molar-refractivity contribution in [3.05, 3.63) is 59.0 Å². The van der Waals surface area contributed by atoms with E-state index in [4.69, 9.17) is 32.8 Å². The Labute approximate surface area is 233 Å². The number of halogens is 1. The number of phosphoric acid groups is 1. The minimum atomic E-state index is -4.95. The lowest BCUT2D eigenvalue weighted by molar-refractivity contribution is -0.133. The Morgan fingerprint density at radius 2 is 1.77 bits per heavy atom. The number of pyridine rings is 1. The minimum absolute atomic E-state index is 0.00395. The number of anilines is 1. The number of ether oxygens (including phenoxy) is 4. The van der Waals surface area contributed by atoms with Gasteiger partial charge in [0.1, 0.15) is 12.6 Å². The first kappa shape index (κ1) is 25.1. The number of carbonyl (C=O) groups is 1. The number of hydrogen-bond acceptors (Lipinski definition) is 10. The van der Waals surface area contributed by atoms with Crippen LogP contribution in [0.3, 0.4) is 0 Å². The predicted octanol–water partition coefficient (Wildman–Crippen LogP) is 2.79. The van der Waals surface area contributed by atoms with Crippen molar-refractivity contribution in [2.75, 3.05) is 33.0 Å². The highest BCUT2D eigenvalue weighted by atomic mass is 31.2. The summed E-state index contributed by atoms with van der Waals surface area (Å²) in [6.45, 7) is 2.09. The standard InChI is InChI=1S/C25H28FN4O9P/c1-25(2)24(31)30(13-38-40(32,33)34)23-18(39-25)7-6-15(28-23)11-17-16(26)12-27-21(29-17)10-14-8-19(35-3)22(37-5)20(9-14)36-4/h6-9,12H,10-11,13H2,1-5H3,(H2,32,33,34)/i8D,9D,12D. The van der Waals surface area contributed by atoms with E-state index >= 15 is 4.39 Å². The van der Waals surface area contributed by atoms with Gasteiger partial charge < -0.3 is 28.7 Å². The molecule has 0 saturated heterocycles. The molecular weight excluding hydrogens is 550 g/mol. The molecule has 0 bridgehead atoms. The third-order valence-corrected chi connectivity index (χ3v) is 6.12. The van der Waals surface area contributed by atoms with Crippen molar-refractivity contribution in [1.82, 2.24) is 15.0 Å². The fourth-order valence-electron chi connectivity index (χ4n) is 3.86. The first-order valence-electron chi connectivity index (χ1n) is 13.1. The number of phosphoric ester groups is 1. The Balaban J connectivity index is 1.72. The molecule has 1 aliphatic heterocycles. The topological polar surface area (TPSA) is 163 Å². The fraction of sp³-hybridized carbons (Fsp3) is 0.360. The second kappa shape index (κ2) is 11.3. The lowest BCUT2D eigenvalue weighted by Gasteiger charge is -2.37. The van der Waals surface area contributed by atoms with Gasteiger partial charge >= 0.3 is 7.82 Å². The summed E-state index contributed by atoms with van der Waals surface area (Å²) < 4.78 is 77.6. The molecular formula is C25H28FN4O9P. The Morgan fingerprint density at radius 1 is 1.10 bits per heavy atom. The summed E-state index contributed by atoms with van der Waals surface area (Å²) in [4.78, 5) is 44.6. The van der Waals surface area contributed by atoms with E-state index in [-0.39, 0.29) is 76.5 Å². The van der Waals surface area contributed by atoms with Crippen molar-refractivity contribution in [1.29, 1.82) is 0 Å². The van der Waals surface area contributed by atoms with Gasteiger partial charge in [-0.05, 0) is 43.6 Å². The van der Waals surface area contributed by atoms with Gasteiger partial charge in [0.2, 0.25) is 5.75 Å². The lowest BCUT2D eigenvalue weighted by atomic mass is 10.1. The first-order valence-corrected chi connectivity index (χ1v) is 13.2. The smallest absolute Gasteiger partial charge is 0.471 e. The van der Waals surface area contributed by atoms with Crippen molar-refractivity contribution in [3.8, 4) is 23.0 Å². The molecule has 0 spiro atoms. The quantitative estimate of drug-likeness (QED) is 0.337. The summed E-state index contributed by atoms with van der Waals surface area (Å²) in [5.41, 5.74) is -1.40. The Kier molecular flexibility index (Phi) is 7.13. The van der Waals surface area contributed by atoms with E-state index in [1.807, 2.05) is 0 Å². The molecule has 3 aromatic rings. The molecule has 2 aromatic heterocycles. The molecule has 4 rings (SSSR count). The third kappa shape index (κ3) is 6.31. The first-order chi connectivity index (χ1) is 20.1. The van der Waals surface area contributed by atoms with Crippen LogP contribution in [0, 0.1) is 5.82 Å². The number of benzene rings is 1. The van der Waals surface area contributed by atoms with E-state index in [2.05, 4.69) is 19.5 Å². The average Bonchev–Trinajstić information content (AvgIpc) is 2.93. The second-order valence-electron chi connectivity index (χ2n) is 8.91. The van der Waals surface area contributed by atoms with Crippen LogP contribution < -0.4 is 23.8 Å². The van der Waals surface area contributed by atoms with Gasteiger partial charge in [-0.3, -0.25) is 14.2 Å². The number of nitrogens with zero attached hydrogens (tertiary/aromatic N) is 4. The van der Waals surface area contributed by atoms with Crippen LogP contribution >= 0.6 is 7.82 Å². The van der Waals surface area contributed by atoms with Gasteiger partial charge in [0.15, 0.2) is 34.5 Å². The maximum absolute atomic E-state index is 15.1. The maximum Gasteiger partial charge on any atom is 0.471 e. The average molecular weight is 582 g/mol. The third-order valence-electron chi connectivity index (χ3n) is 5.67. The zero-order valence-corrected chi connectivity index (χ0v) is 23.0. The molecule has 15 heteroatoms. The predicted molar refractivity (Wildman–Crippen MR) is 138 cm³/mol. The molecule has 3 heterocycles. The van der Waals surface area contributed by atoms with Crippen molar-refractivity contribution in [2.45, 2.75) is 32.3 Å². The van der Waals surface area contributed by atoms with E-state index in [0.717, 1.165) is 4.90 Å². The fourth-order valence-corrected chi connectivity index (χ4v) is 4.12. The molecule has 1 aromatic carbocycles. The highest BCUT2D eigenvalue weighted by molar-refractivity contribution is 7.46. The number of hydrogen-bond donors (Lipinski definition) is 2. The van der Waals surface area contributed by atoms with Gasteiger partial charge in [0.25, 0.3) is 5.91 Å². The maximum atomic E-state index is 15.1.